The third-order valence-corrected chi connectivity index (χ3v) is 5.26. The highest BCUT2D eigenvalue weighted by Gasteiger charge is 2.23. The van der Waals surface area contributed by atoms with Gasteiger partial charge in [-0.15, -0.1) is 0 Å². The molecule has 0 aliphatic carbocycles. The van der Waals surface area contributed by atoms with Crippen LogP contribution in [0.15, 0.2) is 17.0 Å². The van der Waals surface area contributed by atoms with Crippen molar-refractivity contribution in [2.45, 2.75) is 11.8 Å². The van der Waals surface area contributed by atoms with Gasteiger partial charge in [0.25, 0.3) is 0 Å². The number of anilines is 1. The lowest BCUT2D eigenvalue weighted by Gasteiger charge is -2.09. The van der Waals surface area contributed by atoms with Crippen LogP contribution < -0.4 is 15.2 Å². The smallest absolute Gasteiger partial charge is 0.243 e. The van der Waals surface area contributed by atoms with E-state index in [0.717, 1.165) is 6.07 Å². The Morgan fingerprint density at radius 3 is 2.33 bits per heavy atom. The molecular weight excluding hydrogens is 328 g/mol. The first-order valence-corrected chi connectivity index (χ1v) is 8.94. The molecule has 1 aromatic rings. The van der Waals surface area contributed by atoms with Crippen LogP contribution in [-0.2, 0) is 20.0 Å². The van der Waals surface area contributed by atoms with Crippen molar-refractivity contribution >= 4 is 25.7 Å². The maximum absolute atomic E-state index is 13.5. The van der Waals surface area contributed by atoms with E-state index in [1.807, 2.05) is 4.72 Å². The zero-order chi connectivity index (χ0) is 16.3. The average molecular weight is 343 g/mol. The summed E-state index contributed by atoms with van der Waals surface area (Å²) in [6, 6.07) is 1.39. The minimum Gasteiger partial charge on any atom is -0.399 e. The second-order valence-electron chi connectivity index (χ2n) is 4.03. The lowest BCUT2D eigenvalue weighted by molar-refractivity contribution is 0.484. The maximum Gasteiger partial charge on any atom is 0.243 e. The summed E-state index contributed by atoms with van der Waals surface area (Å²) >= 11 is 0. The standard InChI is InChI=1S/C10H15F2N3O4S2/c1-2-14-20(16,17)4-3-15-21(18,19)9-6-7(13)5-8(11)10(9)12/h5-6,14-15H,2-4,13H2,1H3. The maximum atomic E-state index is 13.5. The van der Waals surface area contributed by atoms with Gasteiger partial charge in [0.2, 0.25) is 20.0 Å². The summed E-state index contributed by atoms with van der Waals surface area (Å²) in [5.41, 5.74) is 4.99. The molecule has 0 amide bonds. The number of hydrogen-bond donors (Lipinski definition) is 3. The molecule has 0 unspecified atom stereocenters. The van der Waals surface area contributed by atoms with E-state index in [-0.39, 0.29) is 12.2 Å². The molecule has 0 aromatic heterocycles. The van der Waals surface area contributed by atoms with Crippen molar-refractivity contribution in [3.05, 3.63) is 23.8 Å². The zero-order valence-electron chi connectivity index (χ0n) is 11.1. The van der Waals surface area contributed by atoms with Crippen molar-refractivity contribution in [3.63, 3.8) is 0 Å². The van der Waals surface area contributed by atoms with E-state index in [2.05, 4.69) is 4.72 Å². The Morgan fingerprint density at radius 2 is 1.76 bits per heavy atom. The van der Waals surface area contributed by atoms with Crippen molar-refractivity contribution in [1.29, 1.82) is 0 Å². The first kappa shape index (κ1) is 17.8. The highest BCUT2D eigenvalue weighted by atomic mass is 32.2. The lowest BCUT2D eigenvalue weighted by atomic mass is 10.3. The number of hydrogen-bond acceptors (Lipinski definition) is 5. The summed E-state index contributed by atoms with van der Waals surface area (Å²) in [5, 5.41) is 0. The van der Waals surface area contributed by atoms with Crippen LogP contribution >= 0.6 is 0 Å². The van der Waals surface area contributed by atoms with Gasteiger partial charge in [-0.2, -0.15) is 0 Å². The first-order chi connectivity index (χ1) is 9.59. The van der Waals surface area contributed by atoms with Gasteiger partial charge in [-0.1, -0.05) is 6.92 Å². The summed E-state index contributed by atoms with van der Waals surface area (Å²) in [6.45, 7) is 1.23. The molecule has 7 nitrogen and oxygen atoms in total. The SMILES string of the molecule is CCNS(=O)(=O)CCNS(=O)(=O)c1cc(N)cc(F)c1F. The minimum atomic E-state index is -4.41. The first-order valence-electron chi connectivity index (χ1n) is 5.80. The third-order valence-electron chi connectivity index (χ3n) is 2.33. The van der Waals surface area contributed by atoms with Crippen LogP contribution in [0.3, 0.4) is 0 Å². The van der Waals surface area contributed by atoms with E-state index in [1.54, 1.807) is 6.92 Å². The van der Waals surface area contributed by atoms with Crippen molar-refractivity contribution in [1.82, 2.24) is 9.44 Å². The monoisotopic (exact) mass is 343 g/mol. The molecule has 0 radical (unpaired) electrons. The number of sulfonamides is 2. The second kappa shape index (κ2) is 6.64. The molecule has 11 heteroatoms. The highest BCUT2D eigenvalue weighted by Crippen LogP contribution is 2.20. The number of rotatable bonds is 7. The van der Waals surface area contributed by atoms with E-state index >= 15 is 0 Å². The van der Waals surface area contributed by atoms with Crippen molar-refractivity contribution in [3.8, 4) is 0 Å². The fourth-order valence-electron chi connectivity index (χ4n) is 1.46. The molecule has 1 rings (SSSR count). The van der Waals surface area contributed by atoms with E-state index in [0.29, 0.717) is 6.07 Å². The van der Waals surface area contributed by atoms with Crippen LogP contribution in [0, 0.1) is 11.6 Å². The fraction of sp³-hybridized carbons (Fsp3) is 0.400. The molecule has 0 aliphatic heterocycles. The molecule has 0 atom stereocenters. The predicted molar refractivity (Wildman–Crippen MR) is 73.4 cm³/mol. The molecule has 0 saturated heterocycles. The van der Waals surface area contributed by atoms with E-state index in [1.165, 1.54) is 0 Å². The van der Waals surface area contributed by atoms with Gasteiger partial charge >= 0.3 is 0 Å². The summed E-state index contributed by atoms with van der Waals surface area (Å²) in [7, 11) is -8.04. The molecule has 1 aromatic carbocycles. The van der Waals surface area contributed by atoms with Gasteiger partial charge in [0, 0.05) is 18.8 Å². The van der Waals surface area contributed by atoms with E-state index < -0.39 is 48.9 Å². The van der Waals surface area contributed by atoms with Gasteiger partial charge in [-0.25, -0.2) is 35.1 Å². The Morgan fingerprint density at radius 1 is 1.14 bits per heavy atom. The fourth-order valence-corrected chi connectivity index (χ4v) is 3.69. The molecule has 0 saturated carbocycles. The molecule has 4 N–H and O–H groups in total. The van der Waals surface area contributed by atoms with E-state index in [9.17, 15) is 25.6 Å². The van der Waals surface area contributed by atoms with Crippen LogP contribution in [0.5, 0.6) is 0 Å². The lowest BCUT2D eigenvalue weighted by Crippen LogP contribution is -2.34. The average Bonchev–Trinajstić information content (AvgIpc) is 2.32. The number of benzene rings is 1. The Bertz CT molecular complexity index is 720. The second-order valence-corrected chi connectivity index (χ2v) is 7.69. The highest BCUT2D eigenvalue weighted by molar-refractivity contribution is 7.90. The molecule has 0 fully saturated rings. The third kappa shape index (κ3) is 4.88. The molecule has 21 heavy (non-hydrogen) atoms. The van der Waals surface area contributed by atoms with Gasteiger partial charge in [0.1, 0.15) is 4.90 Å². The molecule has 0 heterocycles. The van der Waals surface area contributed by atoms with E-state index in [4.69, 9.17) is 5.73 Å². The molecule has 0 spiro atoms. The summed E-state index contributed by atoms with van der Waals surface area (Å²) in [6.07, 6.45) is 0. The molecular formula is C10H15F2N3O4S2. The summed E-state index contributed by atoms with van der Waals surface area (Å²) < 4.78 is 76.9. The minimum absolute atomic E-state index is 0.157. The van der Waals surface area contributed by atoms with Crippen LogP contribution in [0.4, 0.5) is 14.5 Å². The normalized spacial score (nSPS) is 12.5. The predicted octanol–water partition coefficient (Wildman–Crippen LogP) is -0.235. The van der Waals surface area contributed by atoms with Gasteiger partial charge in [0.05, 0.1) is 5.75 Å². The number of nitrogen functional groups attached to an aromatic ring is 1. The molecule has 0 bridgehead atoms. The number of nitrogens with two attached hydrogens (primary N) is 1. The topological polar surface area (TPSA) is 118 Å². The zero-order valence-corrected chi connectivity index (χ0v) is 12.7. The Kier molecular flexibility index (Phi) is 5.61. The largest absolute Gasteiger partial charge is 0.399 e. The van der Waals surface area contributed by atoms with Crippen molar-refractivity contribution in [2.24, 2.45) is 0 Å². The summed E-state index contributed by atoms with van der Waals surface area (Å²) in [4.78, 5) is -0.971. The van der Waals surface area contributed by atoms with Crippen LogP contribution in [0.1, 0.15) is 6.92 Å². The Balaban J connectivity index is 2.89. The van der Waals surface area contributed by atoms with Gasteiger partial charge in [-0.3, -0.25) is 0 Å². The van der Waals surface area contributed by atoms with Crippen LogP contribution in [0.25, 0.3) is 0 Å². The quantitative estimate of drug-likeness (QED) is 0.591. The summed E-state index contributed by atoms with van der Waals surface area (Å²) in [5.74, 6) is -3.52. The molecule has 0 aliphatic rings. The molecule has 120 valence electrons. The van der Waals surface area contributed by atoms with Gasteiger partial charge in [-0.05, 0) is 12.1 Å². The van der Waals surface area contributed by atoms with Crippen molar-refractivity contribution in [2.75, 3.05) is 24.6 Å². The Labute approximate surface area is 121 Å². The number of nitrogens with one attached hydrogen (secondary N) is 2. The van der Waals surface area contributed by atoms with Crippen LogP contribution in [-0.4, -0.2) is 35.7 Å². The van der Waals surface area contributed by atoms with Gasteiger partial charge in [0.15, 0.2) is 11.6 Å². The Hall–Kier alpha value is -1.30. The van der Waals surface area contributed by atoms with Crippen LogP contribution in [0.2, 0.25) is 0 Å². The van der Waals surface area contributed by atoms with Crippen molar-refractivity contribution < 1.29 is 25.6 Å². The van der Waals surface area contributed by atoms with Gasteiger partial charge < -0.3 is 5.73 Å². The number of halogens is 2.